The molecule has 0 unspecified atom stereocenters. The van der Waals surface area contributed by atoms with Gasteiger partial charge in [0.2, 0.25) is 0 Å². The van der Waals surface area contributed by atoms with Crippen LogP contribution in [0.25, 0.3) is 22.2 Å². The molecule has 1 aliphatic carbocycles. The van der Waals surface area contributed by atoms with Crippen molar-refractivity contribution in [1.82, 2.24) is 15.2 Å². The molecule has 0 bridgehead atoms. The number of hydrogen-bond acceptors (Lipinski definition) is 6. The van der Waals surface area contributed by atoms with Gasteiger partial charge in [0.05, 0.1) is 0 Å². The van der Waals surface area contributed by atoms with E-state index in [9.17, 15) is 18.0 Å². The van der Waals surface area contributed by atoms with Gasteiger partial charge in [0.1, 0.15) is 12.1 Å². The smallest absolute Gasteiger partial charge is 0.408 e. The highest BCUT2D eigenvalue weighted by Gasteiger charge is 2.46. The van der Waals surface area contributed by atoms with Crippen LogP contribution in [0.3, 0.4) is 0 Å². The summed E-state index contributed by atoms with van der Waals surface area (Å²) in [7, 11) is 0. The van der Waals surface area contributed by atoms with Crippen molar-refractivity contribution in [2.75, 3.05) is 44.2 Å². The Bertz CT molecular complexity index is 1530. The number of hydrogen-bond donors (Lipinski definition) is 1. The van der Waals surface area contributed by atoms with Crippen molar-refractivity contribution in [3.8, 4) is 11.1 Å². The molecule has 1 fully saturated rings. The maximum atomic E-state index is 12.8. The normalized spacial score (nSPS) is 16.3. The minimum Gasteiger partial charge on any atom is -0.433 e. The number of aromatic nitrogens is 1. The molecule has 42 heavy (non-hydrogen) atoms. The summed E-state index contributed by atoms with van der Waals surface area (Å²) in [5.74, 6) is 0. The van der Waals surface area contributed by atoms with Gasteiger partial charge >= 0.3 is 12.3 Å². The zero-order valence-electron chi connectivity index (χ0n) is 23.4. The number of nitrogens with one attached hydrogen (secondary N) is 1. The van der Waals surface area contributed by atoms with Gasteiger partial charge in [0, 0.05) is 37.3 Å². The second-order valence-electron chi connectivity index (χ2n) is 11.0. The quantitative estimate of drug-likeness (QED) is 0.237. The van der Waals surface area contributed by atoms with E-state index in [1.165, 1.54) is 0 Å². The first-order valence-corrected chi connectivity index (χ1v) is 14.3. The lowest BCUT2D eigenvalue weighted by Crippen LogP contribution is -2.46. The molecule has 0 spiro atoms. The highest BCUT2D eigenvalue weighted by molar-refractivity contribution is 5.82. The molecule has 1 aromatic heterocycles. The highest BCUT2D eigenvalue weighted by Crippen LogP contribution is 2.52. The summed E-state index contributed by atoms with van der Waals surface area (Å²) in [6, 6.07) is 21.9. The largest absolute Gasteiger partial charge is 0.433 e. The lowest BCUT2D eigenvalue weighted by Gasteiger charge is -2.34. The van der Waals surface area contributed by atoms with Crippen LogP contribution >= 0.6 is 0 Å². The molecule has 1 saturated heterocycles. The van der Waals surface area contributed by atoms with Crippen LogP contribution in [0.1, 0.15) is 36.0 Å². The summed E-state index contributed by atoms with van der Waals surface area (Å²) in [6.07, 6.45) is -3.57. The number of para-hydroxylation sites is 1. The summed E-state index contributed by atoms with van der Waals surface area (Å²) in [5, 5.41) is 1.90. The molecule has 0 atom stereocenters. The molecule has 1 N–H and O–H groups in total. The highest BCUT2D eigenvalue weighted by atomic mass is 19.4. The van der Waals surface area contributed by atoms with Gasteiger partial charge in [-0.2, -0.15) is 18.2 Å². The minimum atomic E-state index is -4.53. The second kappa shape index (κ2) is 11.3. The number of piperazine rings is 1. The fourth-order valence-corrected chi connectivity index (χ4v) is 6.16. The van der Waals surface area contributed by atoms with E-state index in [0.29, 0.717) is 12.4 Å². The Labute approximate surface area is 242 Å². The molecule has 220 valence electrons. The molecule has 10 heteroatoms. The number of rotatable bonds is 8. The molecule has 2 aliphatic rings. The Kier molecular flexibility index (Phi) is 7.57. The van der Waals surface area contributed by atoms with Crippen LogP contribution in [0.4, 0.5) is 24.0 Å². The van der Waals surface area contributed by atoms with Gasteiger partial charge in [-0.25, -0.2) is 4.79 Å². The first-order chi connectivity index (χ1) is 20.2. The number of unbranched alkanes of at least 4 members (excludes halogenated alkanes) is 1. The summed E-state index contributed by atoms with van der Waals surface area (Å²) < 4.78 is 50.4. The topological polar surface area (TPSA) is 70.8 Å². The van der Waals surface area contributed by atoms with E-state index in [1.807, 2.05) is 79.0 Å². The van der Waals surface area contributed by atoms with Crippen LogP contribution in [0.2, 0.25) is 0 Å². The van der Waals surface area contributed by atoms with Gasteiger partial charge in [0.15, 0.2) is 11.2 Å². The number of carbonyl (C=O) groups excluding carboxylic acids is 1. The van der Waals surface area contributed by atoms with Gasteiger partial charge in [-0.15, -0.1) is 0 Å². The summed E-state index contributed by atoms with van der Waals surface area (Å²) >= 11 is 0. The van der Waals surface area contributed by atoms with Gasteiger partial charge in [-0.1, -0.05) is 60.7 Å². The van der Waals surface area contributed by atoms with Crippen molar-refractivity contribution >= 4 is 23.2 Å². The Morgan fingerprint density at radius 2 is 1.62 bits per heavy atom. The van der Waals surface area contributed by atoms with Crippen molar-refractivity contribution in [3.05, 3.63) is 83.4 Å². The summed E-state index contributed by atoms with van der Waals surface area (Å²) in [4.78, 5) is 22.0. The number of oxazole rings is 1. The molecule has 1 aliphatic heterocycles. The Balaban J connectivity index is 1.11. The van der Waals surface area contributed by atoms with E-state index in [4.69, 9.17) is 14.1 Å². The average molecular weight is 579 g/mol. The van der Waals surface area contributed by atoms with Crippen molar-refractivity contribution < 1.29 is 27.1 Å². The van der Waals surface area contributed by atoms with E-state index in [0.717, 1.165) is 84.5 Å². The zero-order valence-corrected chi connectivity index (χ0v) is 23.4. The molecule has 3 aromatic carbocycles. The van der Waals surface area contributed by atoms with E-state index in [2.05, 4.69) is 9.80 Å². The number of nitrogens with zero attached hydrogens (tertiary/aromatic N) is 3. The maximum absolute atomic E-state index is 12.8. The van der Waals surface area contributed by atoms with Gasteiger partial charge in [-0.05, 0) is 55.5 Å². The molecule has 1 amide bonds. The van der Waals surface area contributed by atoms with Crippen molar-refractivity contribution in [2.24, 2.45) is 0 Å². The number of halogens is 3. The van der Waals surface area contributed by atoms with Gasteiger partial charge in [0.25, 0.3) is 6.01 Å². The fraction of sp³-hybridized carbons (Fsp3) is 0.375. The molecule has 2 heterocycles. The van der Waals surface area contributed by atoms with Crippen LogP contribution in [-0.4, -0.2) is 61.4 Å². The van der Waals surface area contributed by atoms with Crippen LogP contribution in [0, 0.1) is 6.92 Å². The van der Waals surface area contributed by atoms with Crippen LogP contribution in [0.15, 0.2) is 71.1 Å². The van der Waals surface area contributed by atoms with Crippen LogP contribution in [-0.2, 0) is 10.3 Å². The predicted molar refractivity (Wildman–Crippen MR) is 154 cm³/mol. The number of anilines is 1. The Morgan fingerprint density at radius 3 is 2.26 bits per heavy atom. The zero-order chi connectivity index (χ0) is 29.3. The van der Waals surface area contributed by atoms with Crippen molar-refractivity contribution in [2.45, 2.75) is 38.0 Å². The van der Waals surface area contributed by atoms with E-state index in [-0.39, 0.29) is 0 Å². The van der Waals surface area contributed by atoms with Gasteiger partial charge < -0.3 is 19.4 Å². The predicted octanol–water partition coefficient (Wildman–Crippen LogP) is 6.64. The molecule has 7 nitrogen and oxygen atoms in total. The maximum Gasteiger partial charge on any atom is 0.408 e. The monoisotopic (exact) mass is 578 g/mol. The molecular formula is C32H33F3N4O3. The van der Waals surface area contributed by atoms with E-state index < -0.39 is 24.4 Å². The van der Waals surface area contributed by atoms with E-state index in [1.54, 1.807) is 0 Å². The summed E-state index contributed by atoms with van der Waals surface area (Å²) in [5.41, 5.74) is 5.09. The van der Waals surface area contributed by atoms with Crippen molar-refractivity contribution in [1.29, 1.82) is 0 Å². The molecule has 0 radical (unpaired) electrons. The molecule has 6 rings (SSSR count). The number of amides is 1. The number of fused-ring (bicyclic) bond motifs is 4. The number of carbonyl (C=O) groups is 1. The number of ether oxygens (including phenoxy) is 1. The third-order valence-electron chi connectivity index (χ3n) is 8.22. The van der Waals surface area contributed by atoms with E-state index >= 15 is 0 Å². The van der Waals surface area contributed by atoms with Crippen LogP contribution < -0.4 is 10.2 Å². The lowest BCUT2D eigenvalue weighted by molar-refractivity contribution is -0.124. The molecule has 0 saturated carbocycles. The molecule has 4 aromatic rings. The number of alkyl halides is 3. The fourth-order valence-electron chi connectivity index (χ4n) is 6.16. The summed E-state index contributed by atoms with van der Waals surface area (Å²) in [6.45, 7) is 4.79. The van der Waals surface area contributed by atoms with Gasteiger partial charge in [-0.3, -0.25) is 4.90 Å². The number of alkyl carbamates (subject to hydrolysis) is 1. The standard InChI is InChI=1S/C32H33F3N4O3/c1-22-9-8-14-27-28(22)37-29(41-27)39-19-17-38(18-20-39)16-7-6-15-31(42-30(40)36-21-32(33,34)35)25-12-4-2-10-23(25)24-11-3-5-13-26(24)31/h2-5,8-14H,6-7,15-21H2,1H3,(H,36,40). The molecular weight excluding hydrogens is 545 g/mol. The number of benzene rings is 3. The average Bonchev–Trinajstić information content (AvgIpc) is 3.54. The first kappa shape index (κ1) is 28.1. The minimum absolute atomic E-state index is 0.461. The Morgan fingerprint density at radius 1 is 0.952 bits per heavy atom. The Hall–Kier alpha value is -4.05. The lowest BCUT2D eigenvalue weighted by atomic mass is 9.86. The van der Waals surface area contributed by atoms with Crippen molar-refractivity contribution in [3.63, 3.8) is 0 Å². The third-order valence-corrected chi connectivity index (χ3v) is 8.22. The number of aryl methyl sites for hydroxylation is 1. The SMILES string of the molecule is Cc1cccc2oc(N3CCN(CCCCC4(OC(=O)NCC(F)(F)F)c5ccccc5-c5ccccc54)CC3)nc12. The first-order valence-electron chi connectivity index (χ1n) is 14.3. The second-order valence-corrected chi connectivity index (χ2v) is 11.0. The van der Waals surface area contributed by atoms with Crippen LogP contribution in [0.5, 0.6) is 0 Å². The third kappa shape index (κ3) is 5.55.